The Bertz CT molecular complexity index is 823. The van der Waals surface area contributed by atoms with Crippen molar-refractivity contribution in [3.63, 3.8) is 0 Å². The first-order valence-corrected chi connectivity index (χ1v) is 8.14. The zero-order valence-corrected chi connectivity index (χ0v) is 15.2. The predicted octanol–water partition coefficient (Wildman–Crippen LogP) is 3.12. The van der Waals surface area contributed by atoms with Gasteiger partial charge in [0.05, 0.1) is 12.2 Å². The summed E-state index contributed by atoms with van der Waals surface area (Å²) in [4.78, 5) is 25.7. The molecule has 0 aliphatic rings. The molecule has 0 fully saturated rings. The molecule has 2 rings (SSSR count). The van der Waals surface area contributed by atoms with Gasteiger partial charge in [-0.3, -0.25) is 4.79 Å². The molecule has 152 valence electrons. The van der Waals surface area contributed by atoms with E-state index in [4.69, 9.17) is 9.26 Å². The van der Waals surface area contributed by atoms with E-state index in [1.165, 1.54) is 25.3 Å². The van der Waals surface area contributed by atoms with Crippen LogP contribution in [-0.4, -0.2) is 48.8 Å². The largest absolute Gasteiger partial charge is 0.416 e. The van der Waals surface area contributed by atoms with Crippen molar-refractivity contribution in [3.05, 3.63) is 41.7 Å². The SMILES string of the molecule is COCCN(CC(=O)Nc1cc(C)on1)C(=O)Nc1cccc(C(F)(F)F)c1. The van der Waals surface area contributed by atoms with Gasteiger partial charge in [-0.2, -0.15) is 13.2 Å². The summed E-state index contributed by atoms with van der Waals surface area (Å²) in [5, 5.41) is 8.43. The van der Waals surface area contributed by atoms with Gasteiger partial charge in [0.25, 0.3) is 0 Å². The molecule has 28 heavy (non-hydrogen) atoms. The van der Waals surface area contributed by atoms with Crippen LogP contribution in [0.1, 0.15) is 11.3 Å². The molecule has 0 aliphatic heterocycles. The molecule has 0 saturated carbocycles. The Balaban J connectivity index is 2.04. The van der Waals surface area contributed by atoms with Gasteiger partial charge in [0.1, 0.15) is 12.3 Å². The van der Waals surface area contributed by atoms with Crippen LogP contribution in [-0.2, 0) is 15.7 Å². The van der Waals surface area contributed by atoms with Gasteiger partial charge in [0.2, 0.25) is 5.91 Å². The second-order valence-corrected chi connectivity index (χ2v) is 5.79. The summed E-state index contributed by atoms with van der Waals surface area (Å²) in [6, 6.07) is 4.95. The summed E-state index contributed by atoms with van der Waals surface area (Å²) in [6.07, 6.45) is -4.54. The number of urea groups is 1. The maximum absolute atomic E-state index is 12.8. The lowest BCUT2D eigenvalue weighted by molar-refractivity contribution is -0.137. The predicted molar refractivity (Wildman–Crippen MR) is 93.8 cm³/mol. The van der Waals surface area contributed by atoms with E-state index >= 15 is 0 Å². The Hall–Kier alpha value is -3.08. The molecule has 0 atom stereocenters. The van der Waals surface area contributed by atoms with Crippen molar-refractivity contribution < 1.29 is 32.0 Å². The first kappa shape index (κ1) is 21.2. The zero-order valence-electron chi connectivity index (χ0n) is 15.2. The molecule has 0 aliphatic carbocycles. The fraction of sp³-hybridized carbons (Fsp3) is 0.353. The normalized spacial score (nSPS) is 11.2. The minimum Gasteiger partial charge on any atom is -0.383 e. The van der Waals surface area contributed by atoms with Gasteiger partial charge in [-0.15, -0.1) is 0 Å². The molecule has 0 saturated heterocycles. The van der Waals surface area contributed by atoms with Crippen LogP contribution < -0.4 is 10.6 Å². The van der Waals surface area contributed by atoms with Crippen molar-refractivity contribution in [2.45, 2.75) is 13.1 Å². The molecular formula is C17H19F3N4O4. The second kappa shape index (κ2) is 9.22. The Kier molecular flexibility index (Phi) is 6.99. The second-order valence-electron chi connectivity index (χ2n) is 5.79. The number of amides is 3. The molecule has 8 nitrogen and oxygen atoms in total. The fourth-order valence-electron chi connectivity index (χ4n) is 2.21. The van der Waals surface area contributed by atoms with Crippen molar-refractivity contribution in [3.8, 4) is 0 Å². The van der Waals surface area contributed by atoms with E-state index in [-0.39, 0.29) is 31.2 Å². The fourth-order valence-corrected chi connectivity index (χ4v) is 2.21. The Labute approximate surface area is 158 Å². The van der Waals surface area contributed by atoms with E-state index in [1.807, 2.05) is 0 Å². The lowest BCUT2D eigenvalue weighted by Gasteiger charge is -2.22. The Morgan fingerprint density at radius 2 is 2.00 bits per heavy atom. The first-order valence-electron chi connectivity index (χ1n) is 8.14. The number of hydrogen-bond donors (Lipinski definition) is 2. The number of aromatic nitrogens is 1. The molecule has 0 unspecified atom stereocenters. The number of carbonyl (C=O) groups is 2. The highest BCUT2D eigenvalue weighted by Gasteiger charge is 2.30. The zero-order chi connectivity index (χ0) is 20.7. The third-order valence-electron chi connectivity index (χ3n) is 3.52. The average Bonchev–Trinajstić information content (AvgIpc) is 3.02. The highest BCUT2D eigenvalue weighted by molar-refractivity contribution is 5.96. The summed E-state index contributed by atoms with van der Waals surface area (Å²) in [5.74, 6) is 0.130. The molecule has 1 aromatic carbocycles. The number of nitrogens with zero attached hydrogens (tertiary/aromatic N) is 2. The number of ether oxygens (including phenoxy) is 1. The van der Waals surface area contributed by atoms with Crippen LogP contribution in [0.2, 0.25) is 0 Å². The molecule has 1 aromatic heterocycles. The monoisotopic (exact) mass is 400 g/mol. The highest BCUT2D eigenvalue weighted by atomic mass is 19.4. The lowest BCUT2D eigenvalue weighted by atomic mass is 10.2. The smallest absolute Gasteiger partial charge is 0.383 e. The van der Waals surface area contributed by atoms with E-state index in [2.05, 4.69) is 15.8 Å². The van der Waals surface area contributed by atoms with E-state index in [9.17, 15) is 22.8 Å². The third kappa shape index (κ3) is 6.27. The van der Waals surface area contributed by atoms with Crippen LogP contribution in [0, 0.1) is 6.92 Å². The topological polar surface area (TPSA) is 96.7 Å². The number of aryl methyl sites for hydroxylation is 1. The van der Waals surface area contributed by atoms with E-state index in [0.717, 1.165) is 17.0 Å². The lowest BCUT2D eigenvalue weighted by Crippen LogP contribution is -2.42. The number of anilines is 2. The summed E-state index contributed by atoms with van der Waals surface area (Å²) in [7, 11) is 1.42. The van der Waals surface area contributed by atoms with E-state index in [0.29, 0.717) is 5.76 Å². The van der Waals surface area contributed by atoms with Crippen molar-refractivity contribution in [1.29, 1.82) is 0 Å². The third-order valence-corrected chi connectivity index (χ3v) is 3.52. The van der Waals surface area contributed by atoms with Gasteiger partial charge in [-0.25, -0.2) is 4.79 Å². The quantitative estimate of drug-likeness (QED) is 0.744. The highest BCUT2D eigenvalue weighted by Crippen LogP contribution is 2.30. The van der Waals surface area contributed by atoms with Crippen LogP contribution in [0.5, 0.6) is 0 Å². The molecule has 2 N–H and O–H groups in total. The molecule has 0 spiro atoms. The number of hydrogen-bond acceptors (Lipinski definition) is 5. The van der Waals surface area contributed by atoms with Crippen molar-refractivity contribution in [1.82, 2.24) is 10.1 Å². The molecule has 11 heteroatoms. The van der Waals surface area contributed by atoms with Gasteiger partial charge >= 0.3 is 12.2 Å². The molecule has 0 bridgehead atoms. The minimum atomic E-state index is -4.54. The van der Waals surface area contributed by atoms with Crippen LogP contribution >= 0.6 is 0 Å². The van der Waals surface area contributed by atoms with Crippen molar-refractivity contribution in [2.75, 3.05) is 37.4 Å². The minimum absolute atomic E-state index is 0.0465. The van der Waals surface area contributed by atoms with Crippen LogP contribution in [0.3, 0.4) is 0 Å². The number of methoxy groups -OCH3 is 1. The van der Waals surface area contributed by atoms with Crippen LogP contribution in [0.4, 0.5) is 29.5 Å². The van der Waals surface area contributed by atoms with E-state index in [1.54, 1.807) is 6.92 Å². The summed E-state index contributed by atoms with van der Waals surface area (Å²) in [5.41, 5.74) is -0.942. The number of carbonyl (C=O) groups excluding carboxylic acids is 2. The van der Waals surface area contributed by atoms with E-state index < -0.39 is 23.7 Å². The van der Waals surface area contributed by atoms with Gasteiger partial charge in [0, 0.05) is 25.4 Å². The van der Waals surface area contributed by atoms with Crippen LogP contribution in [0.25, 0.3) is 0 Å². The number of halogens is 3. The number of benzene rings is 1. The van der Waals surface area contributed by atoms with Crippen molar-refractivity contribution >= 4 is 23.4 Å². The van der Waals surface area contributed by atoms with Gasteiger partial charge in [0.15, 0.2) is 5.82 Å². The summed E-state index contributed by atoms with van der Waals surface area (Å²) >= 11 is 0. The van der Waals surface area contributed by atoms with Crippen LogP contribution in [0.15, 0.2) is 34.9 Å². The standard InChI is InChI=1S/C17H19F3N4O4/c1-11-8-14(23-28-11)22-15(25)10-24(6-7-27-2)16(26)21-13-5-3-4-12(9-13)17(18,19)20/h3-5,8-9H,6-7,10H2,1-2H3,(H,21,26)(H,22,23,25). The average molecular weight is 400 g/mol. The first-order chi connectivity index (χ1) is 13.2. The summed E-state index contributed by atoms with van der Waals surface area (Å²) in [6.45, 7) is 1.47. The molecule has 2 aromatic rings. The maximum Gasteiger partial charge on any atom is 0.416 e. The molecule has 3 amide bonds. The van der Waals surface area contributed by atoms with Crippen molar-refractivity contribution in [2.24, 2.45) is 0 Å². The number of alkyl halides is 3. The maximum atomic E-state index is 12.8. The number of rotatable bonds is 7. The Morgan fingerprint density at radius 3 is 2.61 bits per heavy atom. The number of nitrogens with one attached hydrogen (secondary N) is 2. The van der Waals surface area contributed by atoms with Gasteiger partial charge in [-0.05, 0) is 25.1 Å². The molecule has 0 radical (unpaired) electrons. The molecule has 1 heterocycles. The summed E-state index contributed by atoms with van der Waals surface area (Å²) < 4.78 is 48.2. The van der Waals surface area contributed by atoms with Gasteiger partial charge < -0.3 is 24.8 Å². The van der Waals surface area contributed by atoms with Gasteiger partial charge in [-0.1, -0.05) is 11.2 Å². The molecular weight excluding hydrogens is 381 g/mol. The Morgan fingerprint density at radius 1 is 1.25 bits per heavy atom.